The number of rotatable bonds is 3. The highest BCUT2D eigenvalue weighted by Gasteiger charge is 2.50. The fourth-order valence-electron chi connectivity index (χ4n) is 5.34. The molecule has 0 unspecified atom stereocenters. The first-order valence-corrected chi connectivity index (χ1v) is 9.72. The van der Waals surface area contributed by atoms with Crippen LogP contribution in [0.3, 0.4) is 0 Å². The van der Waals surface area contributed by atoms with Crippen LogP contribution < -0.4 is 9.47 Å². The summed E-state index contributed by atoms with van der Waals surface area (Å²) in [7, 11) is 3.29. The van der Waals surface area contributed by atoms with Crippen molar-refractivity contribution in [3.8, 4) is 17.6 Å². The third-order valence-electron chi connectivity index (χ3n) is 6.68. The summed E-state index contributed by atoms with van der Waals surface area (Å²) in [6, 6.07) is 6.38. The van der Waals surface area contributed by atoms with Crippen molar-refractivity contribution in [2.24, 2.45) is 11.3 Å². The van der Waals surface area contributed by atoms with Gasteiger partial charge in [-0.05, 0) is 43.4 Å². The van der Waals surface area contributed by atoms with Gasteiger partial charge in [0, 0.05) is 35.5 Å². The lowest BCUT2D eigenvalue weighted by Crippen LogP contribution is -2.31. The SMILES string of the molecule is COc1cc2c(c(OC)c1)[C@H]1CC[C@@]3(C)C(=C1C(OC(C)=O)=C2)CC[C@@H]3C#N. The Morgan fingerprint density at radius 3 is 2.68 bits per heavy atom. The van der Waals surface area contributed by atoms with Crippen LogP contribution in [0, 0.1) is 22.7 Å². The van der Waals surface area contributed by atoms with E-state index >= 15 is 0 Å². The zero-order valence-electron chi connectivity index (χ0n) is 16.8. The predicted octanol–water partition coefficient (Wildman–Crippen LogP) is 4.74. The molecule has 0 aliphatic heterocycles. The van der Waals surface area contributed by atoms with Crippen LogP contribution in [0.5, 0.6) is 11.5 Å². The van der Waals surface area contributed by atoms with E-state index in [1.165, 1.54) is 12.5 Å². The van der Waals surface area contributed by atoms with Crippen molar-refractivity contribution in [2.45, 2.75) is 45.4 Å². The topological polar surface area (TPSA) is 68.6 Å². The van der Waals surface area contributed by atoms with Crippen molar-refractivity contribution >= 4 is 12.0 Å². The van der Waals surface area contributed by atoms with E-state index in [0.29, 0.717) is 11.5 Å². The third-order valence-corrected chi connectivity index (χ3v) is 6.68. The molecule has 5 heteroatoms. The molecule has 0 bridgehead atoms. The number of fused-ring (bicyclic) bond motifs is 4. The van der Waals surface area contributed by atoms with Gasteiger partial charge in [0.1, 0.15) is 17.3 Å². The number of esters is 1. The quantitative estimate of drug-likeness (QED) is 0.710. The third kappa shape index (κ3) is 2.63. The lowest BCUT2D eigenvalue weighted by molar-refractivity contribution is -0.136. The largest absolute Gasteiger partial charge is 0.497 e. The first-order chi connectivity index (χ1) is 13.4. The average molecular weight is 379 g/mol. The van der Waals surface area contributed by atoms with Gasteiger partial charge in [0.15, 0.2) is 0 Å². The minimum atomic E-state index is -0.335. The van der Waals surface area contributed by atoms with Gasteiger partial charge in [0.05, 0.1) is 26.2 Å². The molecule has 0 radical (unpaired) electrons. The molecule has 3 aliphatic rings. The monoisotopic (exact) mass is 379 g/mol. The first-order valence-electron chi connectivity index (χ1n) is 9.72. The van der Waals surface area contributed by atoms with Crippen LogP contribution in [0.4, 0.5) is 0 Å². The van der Waals surface area contributed by atoms with Gasteiger partial charge in [-0.1, -0.05) is 12.5 Å². The molecule has 1 aromatic rings. The zero-order chi connectivity index (χ0) is 20.1. The Bertz CT molecular complexity index is 952. The minimum absolute atomic E-state index is 0.00804. The highest BCUT2D eigenvalue weighted by molar-refractivity contribution is 5.77. The first kappa shape index (κ1) is 18.6. The minimum Gasteiger partial charge on any atom is -0.497 e. The summed E-state index contributed by atoms with van der Waals surface area (Å²) in [6.07, 6.45) is 5.48. The van der Waals surface area contributed by atoms with Gasteiger partial charge < -0.3 is 14.2 Å². The van der Waals surface area contributed by atoms with Gasteiger partial charge in [-0.15, -0.1) is 0 Å². The molecular formula is C23H25NO4. The molecule has 0 N–H and O–H groups in total. The van der Waals surface area contributed by atoms with Gasteiger partial charge in [-0.2, -0.15) is 5.26 Å². The summed E-state index contributed by atoms with van der Waals surface area (Å²) in [4.78, 5) is 11.8. The van der Waals surface area contributed by atoms with Crippen molar-refractivity contribution in [3.05, 3.63) is 40.2 Å². The maximum absolute atomic E-state index is 11.8. The second kappa shape index (κ2) is 6.70. The summed E-state index contributed by atoms with van der Waals surface area (Å²) < 4.78 is 16.8. The molecule has 146 valence electrons. The van der Waals surface area contributed by atoms with E-state index in [9.17, 15) is 10.1 Å². The highest BCUT2D eigenvalue weighted by Crippen LogP contribution is 2.61. The van der Waals surface area contributed by atoms with Crippen LogP contribution in [0.15, 0.2) is 29.0 Å². The number of ether oxygens (including phenoxy) is 3. The van der Waals surface area contributed by atoms with E-state index in [1.54, 1.807) is 14.2 Å². The molecule has 1 fully saturated rings. The number of nitrogens with zero attached hydrogens (tertiary/aromatic N) is 1. The fraction of sp³-hybridized carbons (Fsp3) is 0.478. The number of methoxy groups -OCH3 is 2. The molecule has 0 spiro atoms. The zero-order valence-corrected chi connectivity index (χ0v) is 16.8. The second-order valence-electron chi connectivity index (χ2n) is 8.06. The molecule has 5 nitrogen and oxygen atoms in total. The Balaban J connectivity index is 1.97. The highest BCUT2D eigenvalue weighted by atomic mass is 16.5. The van der Waals surface area contributed by atoms with E-state index < -0.39 is 0 Å². The van der Waals surface area contributed by atoms with Gasteiger partial charge in [-0.25, -0.2) is 0 Å². The molecule has 0 saturated heterocycles. The number of nitriles is 1. The van der Waals surface area contributed by atoms with E-state index in [1.807, 2.05) is 18.2 Å². The van der Waals surface area contributed by atoms with Gasteiger partial charge in [-0.3, -0.25) is 4.79 Å². The molecule has 1 aromatic carbocycles. The molecule has 4 rings (SSSR count). The Morgan fingerprint density at radius 2 is 2.04 bits per heavy atom. The molecule has 0 aromatic heterocycles. The number of allylic oxidation sites excluding steroid dienone is 2. The number of benzene rings is 1. The number of carbonyl (C=O) groups excluding carboxylic acids is 1. The van der Waals surface area contributed by atoms with Crippen LogP contribution >= 0.6 is 0 Å². The smallest absolute Gasteiger partial charge is 0.308 e. The molecule has 1 saturated carbocycles. The average Bonchev–Trinajstić information content (AvgIpc) is 3.02. The van der Waals surface area contributed by atoms with E-state index in [4.69, 9.17) is 14.2 Å². The second-order valence-corrected chi connectivity index (χ2v) is 8.06. The summed E-state index contributed by atoms with van der Waals surface area (Å²) in [5.41, 5.74) is 4.27. The maximum Gasteiger partial charge on any atom is 0.308 e. The summed E-state index contributed by atoms with van der Waals surface area (Å²) in [5, 5.41) is 9.67. The van der Waals surface area contributed by atoms with E-state index in [2.05, 4.69) is 13.0 Å². The van der Waals surface area contributed by atoms with Crippen LogP contribution in [0.1, 0.15) is 56.6 Å². The van der Waals surface area contributed by atoms with Gasteiger partial charge in [0.2, 0.25) is 0 Å². The van der Waals surface area contributed by atoms with Crippen LogP contribution in [-0.4, -0.2) is 20.2 Å². The van der Waals surface area contributed by atoms with E-state index in [-0.39, 0.29) is 23.2 Å². The van der Waals surface area contributed by atoms with Crippen molar-refractivity contribution in [1.82, 2.24) is 0 Å². The molecule has 0 heterocycles. The Morgan fingerprint density at radius 1 is 1.25 bits per heavy atom. The molecule has 0 amide bonds. The van der Waals surface area contributed by atoms with Gasteiger partial charge >= 0.3 is 5.97 Å². The van der Waals surface area contributed by atoms with Crippen molar-refractivity contribution in [1.29, 1.82) is 5.26 Å². The summed E-state index contributed by atoms with van der Waals surface area (Å²) in [5.74, 6) is 1.87. The fourth-order valence-corrected chi connectivity index (χ4v) is 5.34. The summed E-state index contributed by atoms with van der Waals surface area (Å²) >= 11 is 0. The lowest BCUT2D eigenvalue weighted by atomic mass is 9.62. The van der Waals surface area contributed by atoms with Crippen molar-refractivity contribution in [2.75, 3.05) is 14.2 Å². The van der Waals surface area contributed by atoms with Gasteiger partial charge in [0.25, 0.3) is 0 Å². The van der Waals surface area contributed by atoms with Crippen molar-refractivity contribution in [3.63, 3.8) is 0 Å². The standard InChI is InChI=1S/C23H25NO4/c1-13(25)28-20-10-14-9-16(26-3)11-19(27-4)21(14)17-7-8-23(2)15(12-24)5-6-18(23)22(17)20/h9-11,15,17H,5-8H2,1-4H3/t15-,17-,23-/m1/s1. The Hall–Kier alpha value is -2.74. The number of hydrogen-bond acceptors (Lipinski definition) is 5. The normalized spacial score (nSPS) is 27.8. The Labute approximate surface area is 165 Å². The predicted molar refractivity (Wildman–Crippen MR) is 105 cm³/mol. The lowest BCUT2D eigenvalue weighted by Gasteiger charge is -2.42. The molecule has 3 atom stereocenters. The van der Waals surface area contributed by atoms with Crippen LogP contribution in [0.25, 0.3) is 6.08 Å². The maximum atomic E-state index is 11.8. The van der Waals surface area contributed by atoms with E-state index in [0.717, 1.165) is 48.1 Å². The molecule has 28 heavy (non-hydrogen) atoms. The molecular weight excluding hydrogens is 354 g/mol. The number of hydrogen-bond donors (Lipinski definition) is 0. The molecule has 3 aliphatic carbocycles. The number of carbonyl (C=O) groups is 1. The van der Waals surface area contributed by atoms with Crippen molar-refractivity contribution < 1.29 is 19.0 Å². The Kier molecular flexibility index (Phi) is 4.45. The van der Waals surface area contributed by atoms with Crippen LogP contribution in [0.2, 0.25) is 0 Å². The summed E-state index contributed by atoms with van der Waals surface area (Å²) in [6.45, 7) is 3.62. The van der Waals surface area contributed by atoms with Crippen LogP contribution in [-0.2, 0) is 9.53 Å².